The van der Waals surface area contributed by atoms with Crippen molar-refractivity contribution in [3.8, 4) is 0 Å². The van der Waals surface area contributed by atoms with Crippen LogP contribution >= 0.6 is 11.6 Å². The van der Waals surface area contributed by atoms with E-state index >= 15 is 0 Å². The summed E-state index contributed by atoms with van der Waals surface area (Å²) in [5.41, 5.74) is 0.0847. The largest absolute Gasteiger partial charge is 0.444 e. The number of amides is 1. The third kappa shape index (κ3) is 6.78. The monoisotopic (exact) mass is 404 g/mol. The number of alkyl carbamates (subject to hydrolysis) is 1. The quantitative estimate of drug-likeness (QED) is 0.781. The Morgan fingerprint density at radius 1 is 1.19 bits per heavy atom. The first-order valence-electron chi connectivity index (χ1n) is 8.40. The molecule has 0 spiro atoms. The van der Waals surface area contributed by atoms with Crippen LogP contribution in [-0.4, -0.2) is 43.8 Å². The van der Waals surface area contributed by atoms with Gasteiger partial charge in [0.25, 0.3) is 0 Å². The van der Waals surface area contributed by atoms with E-state index in [4.69, 9.17) is 16.3 Å². The Bertz CT molecular complexity index is 712. The van der Waals surface area contributed by atoms with E-state index in [1.807, 2.05) is 13.8 Å². The summed E-state index contributed by atoms with van der Waals surface area (Å²) in [5, 5.41) is 3.39. The molecule has 0 aliphatic rings. The maximum absolute atomic E-state index is 12.3. The van der Waals surface area contributed by atoms with Gasteiger partial charge in [-0.05, 0) is 44.4 Å². The van der Waals surface area contributed by atoms with Crippen LogP contribution in [0.2, 0.25) is 5.02 Å². The van der Waals surface area contributed by atoms with Crippen LogP contribution in [0.4, 0.5) is 4.79 Å². The van der Waals surface area contributed by atoms with Gasteiger partial charge in [-0.2, -0.15) is 4.31 Å². The fourth-order valence-corrected chi connectivity index (χ4v) is 3.35. The Morgan fingerprint density at radius 2 is 1.69 bits per heavy atom. The predicted octanol–water partition coefficient (Wildman–Crippen LogP) is 3.82. The molecule has 8 heteroatoms. The maximum Gasteiger partial charge on any atom is 0.407 e. The first kappa shape index (κ1) is 22.7. The smallest absolute Gasteiger partial charge is 0.407 e. The summed E-state index contributed by atoms with van der Waals surface area (Å²) >= 11 is 5.96. The molecule has 2 unspecified atom stereocenters. The molecule has 1 aromatic carbocycles. The topological polar surface area (TPSA) is 75.7 Å². The number of carbonyl (C=O) groups excluding carboxylic acids is 1. The van der Waals surface area contributed by atoms with E-state index in [1.54, 1.807) is 45.0 Å². The second-order valence-electron chi connectivity index (χ2n) is 7.69. The maximum atomic E-state index is 12.3. The normalized spacial score (nSPS) is 15.0. The van der Waals surface area contributed by atoms with E-state index in [0.29, 0.717) is 5.02 Å². The van der Waals surface area contributed by atoms with Crippen molar-refractivity contribution >= 4 is 27.7 Å². The molecule has 1 rings (SSSR count). The van der Waals surface area contributed by atoms with Crippen molar-refractivity contribution in [1.29, 1.82) is 0 Å². The van der Waals surface area contributed by atoms with E-state index < -0.39 is 33.8 Å². The number of nitrogens with one attached hydrogen (secondary N) is 1. The van der Waals surface area contributed by atoms with Gasteiger partial charge in [0.2, 0.25) is 10.0 Å². The minimum Gasteiger partial charge on any atom is -0.444 e. The van der Waals surface area contributed by atoms with Crippen LogP contribution in [0.5, 0.6) is 0 Å². The number of benzene rings is 1. The minimum atomic E-state index is -3.50. The molecule has 0 radical (unpaired) electrons. The van der Waals surface area contributed by atoms with E-state index in [9.17, 15) is 13.2 Å². The number of hydrogen-bond acceptors (Lipinski definition) is 4. The second kappa shape index (κ2) is 8.59. The van der Waals surface area contributed by atoms with Crippen LogP contribution in [0.25, 0.3) is 0 Å². The number of halogens is 1. The van der Waals surface area contributed by atoms with Gasteiger partial charge < -0.3 is 10.1 Å². The lowest BCUT2D eigenvalue weighted by molar-refractivity contribution is 0.0461. The average Bonchev–Trinajstić information content (AvgIpc) is 2.45. The van der Waals surface area contributed by atoms with Crippen LogP contribution in [0.15, 0.2) is 24.3 Å². The number of likely N-dealkylation sites (N-methyl/N-ethyl adjacent to an activating group) is 1. The van der Waals surface area contributed by atoms with Gasteiger partial charge in [-0.1, -0.05) is 37.6 Å². The molecule has 148 valence electrons. The number of carbonyl (C=O) groups is 1. The van der Waals surface area contributed by atoms with Gasteiger partial charge >= 0.3 is 6.09 Å². The Morgan fingerprint density at radius 3 is 2.08 bits per heavy atom. The van der Waals surface area contributed by atoms with Crippen molar-refractivity contribution in [3.63, 3.8) is 0 Å². The molecule has 0 heterocycles. The summed E-state index contributed by atoms with van der Waals surface area (Å²) in [4.78, 5) is 12.3. The number of nitrogens with zero attached hydrogens (tertiary/aromatic N) is 1. The number of sulfonamides is 1. The van der Waals surface area contributed by atoms with Gasteiger partial charge in [-0.3, -0.25) is 0 Å². The Kier molecular flexibility index (Phi) is 7.51. The lowest BCUT2D eigenvalue weighted by atomic mass is 9.91. The zero-order valence-corrected chi connectivity index (χ0v) is 18.0. The molecule has 1 amide bonds. The fraction of sp³-hybridized carbons (Fsp3) is 0.611. The Labute approximate surface area is 161 Å². The number of ether oxygens (including phenoxy) is 1. The highest BCUT2D eigenvalue weighted by molar-refractivity contribution is 7.88. The molecule has 0 fully saturated rings. The highest BCUT2D eigenvalue weighted by atomic mass is 35.5. The second-order valence-corrected chi connectivity index (χ2v) is 10.2. The van der Waals surface area contributed by atoms with Gasteiger partial charge in [-0.15, -0.1) is 0 Å². The molecule has 1 N–H and O–H groups in total. The lowest BCUT2D eigenvalue weighted by Crippen LogP contribution is -2.50. The molecule has 26 heavy (non-hydrogen) atoms. The molecule has 0 saturated carbocycles. The van der Waals surface area contributed by atoms with Gasteiger partial charge in [-0.25, -0.2) is 13.2 Å². The summed E-state index contributed by atoms with van der Waals surface area (Å²) < 4.78 is 31.0. The number of rotatable bonds is 6. The first-order valence-corrected chi connectivity index (χ1v) is 10.6. The van der Waals surface area contributed by atoms with E-state index in [2.05, 4.69) is 5.32 Å². The zero-order valence-electron chi connectivity index (χ0n) is 16.4. The molecule has 1 aromatic rings. The lowest BCUT2D eigenvalue weighted by Gasteiger charge is -2.36. The van der Waals surface area contributed by atoms with Crippen molar-refractivity contribution in [3.05, 3.63) is 34.9 Å². The van der Waals surface area contributed by atoms with Gasteiger partial charge in [0.05, 0.1) is 18.3 Å². The van der Waals surface area contributed by atoms with Crippen LogP contribution in [0.3, 0.4) is 0 Å². The standard InChI is InChI=1S/C18H29ClN2O4S/c1-12(2)15(20-17(22)25-18(3,4)5)16(21(6)26(7,23)24)13-8-10-14(19)11-9-13/h8-12,15-16H,1-7H3,(H,20,22). The van der Waals surface area contributed by atoms with Gasteiger partial charge in [0.15, 0.2) is 0 Å². The van der Waals surface area contributed by atoms with Crippen LogP contribution in [-0.2, 0) is 14.8 Å². The fourth-order valence-electron chi connectivity index (χ4n) is 2.56. The van der Waals surface area contributed by atoms with E-state index in [1.165, 1.54) is 11.4 Å². The molecule has 2 atom stereocenters. The zero-order chi connectivity index (χ0) is 20.3. The van der Waals surface area contributed by atoms with Gasteiger partial charge in [0, 0.05) is 12.1 Å². The van der Waals surface area contributed by atoms with Crippen molar-refractivity contribution in [1.82, 2.24) is 9.62 Å². The van der Waals surface area contributed by atoms with Crippen molar-refractivity contribution < 1.29 is 17.9 Å². The summed E-state index contributed by atoms with van der Waals surface area (Å²) in [7, 11) is -2.00. The SMILES string of the molecule is CC(C)C(NC(=O)OC(C)(C)C)C(c1ccc(Cl)cc1)N(C)S(C)(=O)=O. The minimum absolute atomic E-state index is 0.0487. The molecular weight excluding hydrogens is 376 g/mol. The average molecular weight is 405 g/mol. The number of hydrogen-bond donors (Lipinski definition) is 1. The van der Waals surface area contributed by atoms with Crippen molar-refractivity contribution in [2.24, 2.45) is 5.92 Å². The molecule has 6 nitrogen and oxygen atoms in total. The highest BCUT2D eigenvalue weighted by Crippen LogP contribution is 2.30. The summed E-state index contributed by atoms with van der Waals surface area (Å²) in [6.07, 6.45) is 0.554. The molecule has 0 aliphatic heterocycles. The van der Waals surface area contributed by atoms with Crippen LogP contribution in [0.1, 0.15) is 46.2 Å². The Balaban J connectivity index is 3.30. The van der Waals surface area contributed by atoms with Crippen molar-refractivity contribution in [2.75, 3.05) is 13.3 Å². The molecule has 0 saturated heterocycles. The third-order valence-corrected chi connectivity index (χ3v) is 5.39. The van der Waals surface area contributed by atoms with Crippen molar-refractivity contribution in [2.45, 2.75) is 52.3 Å². The van der Waals surface area contributed by atoms with Gasteiger partial charge in [0.1, 0.15) is 5.60 Å². The van der Waals surface area contributed by atoms with E-state index in [-0.39, 0.29) is 5.92 Å². The third-order valence-electron chi connectivity index (χ3n) is 3.87. The van der Waals surface area contributed by atoms with E-state index in [0.717, 1.165) is 11.8 Å². The predicted molar refractivity (Wildman–Crippen MR) is 105 cm³/mol. The molecule has 0 bridgehead atoms. The summed E-state index contributed by atoms with van der Waals surface area (Å²) in [5.74, 6) is -0.0487. The molecule has 0 aliphatic carbocycles. The summed E-state index contributed by atoms with van der Waals surface area (Å²) in [6.45, 7) is 9.16. The summed E-state index contributed by atoms with van der Waals surface area (Å²) in [6, 6.07) is 5.83. The molecule has 0 aromatic heterocycles. The van der Waals surface area contributed by atoms with Crippen LogP contribution < -0.4 is 5.32 Å². The Hall–Kier alpha value is -1.31. The highest BCUT2D eigenvalue weighted by Gasteiger charge is 2.35. The first-order chi connectivity index (χ1) is 11.7. The molecular formula is C18H29ClN2O4S. The van der Waals surface area contributed by atoms with Crippen LogP contribution in [0, 0.1) is 5.92 Å².